The van der Waals surface area contributed by atoms with Crippen molar-refractivity contribution in [3.63, 3.8) is 0 Å². The monoisotopic (exact) mass is 533 g/mol. The molecule has 2 fully saturated rings. The van der Waals surface area contributed by atoms with E-state index in [0.29, 0.717) is 43.6 Å². The van der Waals surface area contributed by atoms with Crippen LogP contribution in [-0.4, -0.2) is 70.2 Å². The molecule has 0 unspecified atom stereocenters. The van der Waals surface area contributed by atoms with Gasteiger partial charge in [0.15, 0.2) is 10.8 Å². The van der Waals surface area contributed by atoms with E-state index >= 15 is 0 Å². The highest BCUT2D eigenvalue weighted by Gasteiger charge is 2.31. The summed E-state index contributed by atoms with van der Waals surface area (Å²) in [4.78, 5) is 43.6. The average Bonchev–Trinajstić information content (AvgIpc) is 3.45. The molecule has 2 aromatic heterocycles. The number of anilines is 2. The van der Waals surface area contributed by atoms with Gasteiger partial charge in [-0.2, -0.15) is 0 Å². The number of hydrogen-bond acceptors (Lipinski definition) is 8. The maximum atomic E-state index is 13.1. The van der Waals surface area contributed by atoms with E-state index in [-0.39, 0.29) is 24.0 Å². The van der Waals surface area contributed by atoms with Gasteiger partial charge in [-0.15, -0.1) is 11.3 Å². The first-order chi connectivity index (χ1) is 18.5. The molecule has 3 aromatic rings. The number of nitrogens with one attached hydrogen (secondary N) is 2. The lowest BCUT2D eigenvalue weighted by molar-refractivity contribution is 0.0731. The summed E-state index contributed by atoms with van der Waals surface area (Å²) in [6.07, 6.45) is 5.57. The fraction of sp³-hybridized carbons (Fsp3) is 0.444. The summed E-state index contributed by atoms with van der Waals surface area (Å²) >= 11 is 1.36. The number of benzene rings is 1. The fourth-order valence-corrected chi connectivity index (χ4v) is 5.65. The molecule has 4 heterocycles. The molecule has 0 spiro atoms. The number of urea groups is 1. The van der Waals surface area contributed by atoms with Crippen LogP contribution in [0, 0.1) is 0 Å². The van der Waals surface area contributed by atoms with Gasteiger partial charge < -0.3 is 25.2 Å². The molecule has 1 saturated carbocycles. The molecule has 38 heavy (non-hydrogen) atoms. The quantitative estimate of drug-likeness (QED) is 0.514. The van der Waals surface area contributed by atoms with Gasteiger partial charge >= 0.3 is 6.03 Å². The van der Waals surface area contributed by atoms with E-state index in [1.165, 1.54) is 17.8 Å². The third kappa shape index (κ3) is 5.08. The van der Waals surface area contributed by atoms with Crippen LogP contribution >= 0.6 is 11.3 Å². The van der Waals surface area contributed by atoms with Crippen LogP contribution in [0.2, 0.25) is 0 Å². The number of carbonyl (C=O) groups is 2. The number of morpholine rings is 1. The van der Waals surface area contributed by atoms with E-state index in [9.17, 15) is 9.59 Å². The third-order valence-electron chi connectivity index (χ3n) is 7.42. The number of hydrogen-bond donors (Lipinski definition) is 2. The van der Waals surface area contributed by atoms with Crippen molar-refractivity contribution >= 4 is 34.8 Å². The molecule has 1 atom stereocenters. The highest BCUT2D eigenvalue weighted by atomic mass is 32.1. The van der Waals surface area contributed by atoms with Gasteiger partial charge in [-0.05, 0) is 50.5 Å². The summed E-state index contributed by atoms with van der Waals surface area (Å²) < 4.78 is 5.68. The Morgan fingerprint density at radius 3 is 2.68 bits per heavy atom. The summed E-state index contributed by atoms with van der Waals surface area (Å²) in [5.41, 5.74) is 3.56. The van der Waals surface area contributed by atoms with Crippen LogP contribution in [0.3, 0.4) is 0 Å². The predicted octanol–water partition coefficient (Wildman–Crippen LogP) is 3.70. The highest BCUT2D eigenvalue weighted by molar-refractivity contribution is 7.11. The third-order valence-corrected chi connectivity index (χ3v) is 8.18. The Balaban J connectivity index is 1.27. The van der Waals surface area contributed by atoms with Gasteiger partial charge in [0, 0.05) is 53.9 Å². The Morgan fingerprint density at radius 2 is 1.97 bits per heavy atom. The van der Waals surface area contributed by atoms with Gasteiger partial charge in [-0.1, -0.05) is 0 Å². The first kappa shape index (κ1) is 24.7. The molecule has 1 aromatic carbocycles. The number of amides is 3. The molecule has 2 aliphatic heterocycles. The predicted molar refractivity (Wildman–Crippen MR) is 145 cm³/mol. The number of fused-ring (bicyclic) bond motifs is 1. The average molecular weight is 534 g/mol. The second kappa shape index (κ2) is 10.7. The number of ether oxygens (including phenoxy) is 1. The Hall–Kier alpha value is -3.57. The molecule has 0 radical (unpaired) electrons. The molecule has 3 aliphatic rings. The summed E-state index contributed by atoms with van der Waals surface area (Å²) in [6, 6.07) is 7.90. The van der Waals surface area contributed by atoms with E-state index < -0.39 is 0 Å². The lowest BCUT2D eigenvalue weighted by Crippen LogP contribution is -2.46. The molecule has 0 bridgehead atoms. The van der Waals surface area contributed by atoms with E-state index in [4.69, 9.17) is 14.7 Å². The number of carbonyl (C=O) groups excluding carboxylic acids is 2. The number of rotatable bonds is 5. The van der Waals surface area contributed by atoms with Crippen molar-refractivity contribution in [3.8, 4) is 11.4 Å². The minimum absolute atomic E-state index is 0.0554. The van der Waals surface area contributed by atoms with Gasteiger partial charge in [0.2, 0.25) is 0 Å². The summed E-state index contributed by atoms with van der Waals surface area (Å²) in [5.74, 6) is 1.45. The van der Waals surface area contributed by atoms with Crippen LogP contribution in [0.5, 0.6) is 0 Å². The second-order valence-corrected chi connectivity index (χ2v) is 10.9. The van der Waals surface area contributed by atoms with Crippen LogP contribution in [0.25, 0.3) is 11.4 Å². The number of thiazole rings is 1. The SMILES string of the molecule is C[C@H]1COCCN1c1nc(-c2ccc(NC(=O)NC3CCC3)cc2)nc2c1CN(C(=O)c1nccs1)CC2. The van der Waals surface area contributed by atoms with Gasteiger partial charge in [-0.3, -0.25) is 4.79 Å². The van der Waals surface area contributed by atoms with Crippen LogP contribution in [-0.2, 0) is 17.7 Å². The van der Waals surface area contributed by atoms with Crippen molar-refractivity contribution in [3.05, 3.63) is 52.1 Å². The zero-order valence-corrected chi connectivity index (χ0v) is 22.2. The lowest BCUT2D eigenvalue weighted by Gasteiger charge is -2.38. The molecular weight excluding hydrogens is 502 g/mol. The van der Waals surface area contributed by atoms with Gasteiger partial charge in [0.05, 0.1) is 31.5 Å². The molecule has 3 amide bonds. The Morgan fingerprint density at radius 1 is 1.13 bits per heavy atom. The van der Waals surface area contributed by atoms with Crippen LogP contribution in [0.4, 0.5) is 16.3 Å². The highest BCUT2D eigenvalue weighted by Crippen LogP contribution is 2.32. The van der Waals surface area contributed by atoms with Crippen molar-refractivity contribution in [2.45, 2.75) is 51.2 Å². The maximum absolute atomic E-state index is 13.1. The minimum Gasteiger partial charge on any atom is -0.377 e. The largest absolute Gasteiger partial charge is 0.377 e. The summed E-state index contributed by atoms with van der Waals surface area (Å²) in [5, 5.41) is 8.23. The van der Waals surface area contributed by atoms with Crippen LogP contribution < -0.4 is 15.5 Å². The summed E-state index contributed by atoms with van der Waals surface area (Å²) in [7, 11) is 0. The van der Waals surface area contributed by atoms with E-state index in [0.717, 1.165) is 47.7 Å². The molecule has 1 saturated heterocycles. The first-order valence-electron chi connectivity index (χ1n) is 13.2. The van der Waals surface area contributed by atoms with E-state index in [1.54, 1.807) is 6.20 Å². The smallest absolute Gasteiger partial charge is 0.319 e. The van der Waals surface area contributed by atoms with E-state index in [1.807, 2.05) is 34.5 Å². The molecule has 1 aliphatic carbocycles. The normalized spacial score (nSPS) is 19.4. The van der Waals surface area contributed by atoms with Gasteiger partial charge in [0.1, 0.15) is 5.82 Å². The molecule has 198 valence electrons. The zero-order chi connectivity index (χ0) is 26.1. The van der Waals surface area contributed by atoms with Gasteiger partial charge in [0.25, 0.3) is 5.91 Å². The summed E-state index contributed by atoms with van der Waals surface area (Å²) in [6.45, 7) is 5.14. The molecule has 2 N–H and O–H groups in total. The van der Waals surface area contributed by atoms with Crippen molar-refractivity contribution in [2.75, 3.05) is 36.5 Å². The topological polar surface area (TPSA) is 113 Å². The van der Waals surface area contributed by atoms with Gasteiger partial charge in [-0.25, -0.2) is 19.7 Å². The Bertz CT molecular complexity index is 1310. The molecule has 6 rings (SSSR count). The zero-order valence-electron chi connectivity index (χ0n) is 21.4. The lowest BCUT2D eigenvalue weighted by atomic mass is 9.93. The fourth-order valence-electron chi connectivity index (χ4n) is 5.05. The van der Waals surface area contributed by atoms with Crippen molar-refractivity contribution in [1.29, 1.82) is 0 Å². The number of nitrogens with zero attached hydrogens (tertiary/aromatic N) is 5. The second-order valence-electron chi connectivity index (χ2n) is 10.0. The number of aromatic nitrogens is 3. The standard InChI is InChI=1S/C27H31N7O3S/c1-17-16-37-13-12-34(17)24-21-15-33(26(35)25-28-10-14-38-25)11-9-22(21)31-23(32-24)18-5-7-20(8-6-18)30-27(36)29-19-3-2-4-19/h5-8,10,14,17,19H,2-4,9,11-13,15-16H2,1H3,(H2,29,30,36)/t17-/m0/s1. The molecule has 10 nitrogen and oxygen atoms in total. The Kier molecular flexibility index (Phi) is 6.94. The van der Waals surface area contributed by atoms with Crippen LogP contribution in [0.15, 0.2) is 35.8 Å². The first-order valence-corrected chi connectivity index (χ1v) is 14.0. The van der Waals surface area contributed by atoms with Crippen molar-refractivity contribution < 1.29 is 14.3 Å². The Labute approximate surface area is 225 Å². The molecule has 11 heteroatoms. The molecular formula is C27H31N7O3S. The van der Waals surface area contributed by atoms with E-state index in [2.05, 4.69) is 27.4 Å². The maximum Gasteiger partial charge on any atom is 0.319 e. The minimum atomic E-state index is -0.173. The van der Waals surface area contributed by atoms with Crippen molar-refractivity contribution in [1.82, 2.24) is 25.2 Å². The van der Waals surface area contributed by atoms with Crippen LogP contribution in [0.1, 0.15) is 47.2 Å². The van der Waals surface area contributed by atoms with Crippen molar-refractivity contribution in [2.24, 2.45) is 0 Å².